The van der Waals surface area contributed by atoms with Crippen molar-refractivity contribution in [2.24, 2.45) is 5.41 Å². The summed E-state index contributed by atoms with van der Waals surface area (Å²) in [5.41, 5.74) is 4.47. The molecule has 0 unspecified atom stereocenters. The van der Waals surface area contributed by atoms with Gasteiger partial charge in [-0.2, -0.15) is 13.2 Å². The second kappa shape index (κ2) is 16.0. The van der Waals surface area contributed by atoms with Crippen molar-refractivity contribution < 1.29 is 27.1 Å². The molecular weight excluding hydrogens is 559 g/mol. The van der Waals surface area contributed by atoms with E-state index < -0.39 is 18.0 Å². The molecule has 230 valence electrons. The van der Waals surface area contributed by atoms with Crippen LogP contribution in [0.3, 0.4) is 0 Å². The van der Waals surface area contributed by atoms with Crippen molar-refractivity contribution in [1.82, 2.24) is 4.90 Å². The summed E-state index contributed by atoms with van der Waals surface area (Å²) < 4.78 is 48.9. The minimum absolute atomic E-state index is 0.205. The standard InChI is InChI=1S/C34H44F3NO3S/c1-9-28(13-11-17-34(35,36)37)26(6)42-31(24(3)4)23-38(22-30-14-12-18-41-30)21-27-15-16-29(25(5)19-27)20-33(7,8)32(39)40-10-2/h9,11-16,18-19H,6,10,17,20-23H2,1-5,7-8H3/b13-11-,28-9+. The quantitative estimate of drug-likeness (QED) is 0.150. The third kappa shape index (κ3) is 11.7. The van der Waals surface area contributed by atoms with Crippen molar-refractivity contribution in [2.75, 3.05) is 13.2 Å². The fourth-order valence-corrected chi connectivity index (χ4v) is 5.40. The number of rotatable bonds is 15. The van der Waals surface area contributed by atoms with Crippen molar-refractivity contribution >= 4 is 17.7 Å². The lowest BCUT2D eigenvalue weighted by Crippen LogP contribution is -2.29. The van der Waals surface area contributed by atoms with Crippen LogP contribution < -0.4 is 0 Å². The first kappa shape index (κ1) is 35.2. The zero-order valence-electron chi connectivity index (χ0n) is 25.9. The van der Waals surface area contributed by atoms with E-state index in [2.05, 4.69) is 36.6 Å². The summed E-state index contributed by atoms with van der Waals surface area (Å²) in [6, 6.07) is 10.1. The van der Waals surface area contributed by atoms with Crippen LogP contribution in [0, 0.1) is 12.3 Å². The number of ether oxygens (including phenoxy) is 1. The van der Waals surface area contributed by atoms with Gasteiger partial charge in [0.2, 0.25) is 0 Å². The van der Waals surface area contributed by atoms with E-state index in [1.165, 1.54) is 17.8 Å². The second-order valence-electron chi connectivity index (χ2n) is 11.2. The molecule has 2 rings (SSSR count). The maximum atomic E-state index is 12.6. The maximum Gasteiger partial charge on any atom is 0.392 e. The van der Waals surface area contributed by atoms with Gasteiger partial charge in [0, 0.05) is 22.9 Å². The van der Waals surface area contributed by atoms with Crippen LogP contribution in [0.1, 0.15) is 70.4 Å². The van der Waals surface area contributed by atoms with E-state index >= 15 is 0 Å². The van der Waals surface area contributed by atoms with E-state index in [1.807, 2.05) is 46.8 Å². The molecule has 0 saturated heterocycles. The van der Waals surface area contributed by atoms with Crippen LogP contribution in [0.25, 0.3) is 0 Å². The lowest BCUT2D eigenvalue weighted by atomic mass is 9.84. The Hall–Kier alpha value is -2.97. The number of esters is 1. The van der Waals surface area contributed by atoms with E-state index in [9.17, 15) is 18.0 Å². The molecule has 0 aliphatic heterocycles. The fourth-order valence-electron chi connectivity index (χ4n) is 4.35. The summed E-state index contributed by atoms with van der Waals surface area (Å²) >= 11 is 1.48. The Morgan fingerprint density at radius 2 is 1.88 bits per heavy atom. The molecule has 8 heteroatoms. The Balaban J connectivity index is 2.24. The van der Waals surface area contributed by atoms with Gasteiger partial charge >= 0.3 is 12.1 Å². The van der Waals surface area contributed by atoms with Crippen molar-refractivity contribution in [3.63, 3.8) is 0 Å². The smallest absolute Gasteiger partial charge is 0.392 e. The van der Waals surface area contributed by atoms with E-state index in [0.717, 1.165) is 39.0 Å². The van der Waals surface area contributed by atoms with Crippen LogP contribution >= 0.6 is 11.8 Å². The van der Waals surface area contributed by atoms with Gasteiger partial charge in [0.05, 0.1) is 31.3 Å². The Kier molecular flexibility index (Phi) is 13.4. The first-order chi connectivity index (χ1) is 19.6. The molecule has 1 aromatic carbocycles. The number of hydrogen-bond acceptors (Lipinski definition) is 5. The van der Waals surface area contributed by atoms with Crippen LogP contribution in [0.5, 0.6) is 0 Å². The van der Waals surface area contributed by atoms with Gasteiger partial charge < -0.3 is 9.15 Å². The third-order valence-corrected chi connectivity index (χ3v) is 7.95. The SMILES string of the molecule is C=C(SC(CN(Cc1ccc(CC(C)(C)C(=O)OCC)c(C)c1)Cc1ccco1)=C(C)C)C(/C=C\CC(F)(F)F)=C/C. The summed E-state index contributed by atoms with van der Waals surface area (Å²) in [5, 5.41) is 0. The number of allylic oxidation sites excluding steroid dienone is 5. The van der Waals surface area contributed by atoms with Gasteiger partial charge in [0.1, 0.15) is 5.76 Å². The van der Waals surface area contributed by atoms with Gasteiger partial charge in [0.15, 0.2) is 0 Å². The summed E-state index contributed by atoms with van der Waals surface area (Å²) in [7, 11) is 0. The zero-order valence-corrected chi connectivity index (χ0v) is 26.7. The van der Waals surface area contributed by atoms with Crippen molar-refractivity contribution in [3.8, 4) is 0 Å². The highest BCUT2D eigenvalue weighted by molar-refractivity contribution is 8.07. The first-order valence-corrected chi connectivity index (χ1v) is 14.9. The highest BCUT2D eigenvalue weighted by Gasteiger charge is 2.30. The summed E-state index contributed by atoms with van der Waals surface area (Å²) in [5.74, 6) is 0.629. The number of benzene rings is 1. The molecule has 0 saturated carbocycles. The summed E-state index contributed by atoms with van der Waals surface area (Å²) in [6.07, 6.45) is 1.41. The molecule has 42 heavy (non-hydrogen) atoms. The number of carbonyl (C=O) groups excluding carboxylic acids is 1. The Morgan fingerprint density at radius 3 is 2.43 bits per heavy atom. The third-order valence-electron chi connectivity index (χ3n) is 6.68. The predicted octanol–water partition coefficient (Wildman–Crippen LogP) is 9.72. The Bertz CT molecular complexity index is 1280. The van der Waals surface area contributed by atoms with E-state index in [0.29, 0.717) is 43.1 Å². The lowest BCUT2D eigenvalue weighted by Gasteiger charge is -2.26. The van der Waals surface area contributed by atoms with Crippen molar-refractivity contribution in [2.45, 2.75) is 80.6 Å². The molecule has 1 aromatic heterocycles. The molecule has 0 aliphatic carbocycles. The molecule has 0 N–H and O–H groups in total. The topological polar surface area (TPSA) is 42.7 Å². The second-order valence-corrected chi connectivity index (χ2v) is 12.4. The number of alkyl halides is 3. The number of furan rings is 1. The molecule has 0 radical (unpaired) electrons. The molecular formula is C34H44F3NO3S. The van der Waals surface area contributed by atoms with Gasteiger partial charge in [-0.25, -0.2) is 0 Å². The molecule has 0 aliphatic rings. The minimum atomic E-state index is -4.24. The largest absolute Gasteiger partial charge is 0.468 e. The van der Waals surface area contributed by atoms with Crippen LogP contribution in [0.2, 0.25) is 0 Å². The molecule has 0 bridgehead atoms. The molecule has 0 amide bonds. The summed E-state index contributed by atoms with van der Waals surface area (Å²) in [6.45, 7) is 19.9. The van der Waals surface area contributed by atoms with Gasteiger partial charge in [0.25, 0.3) is 0 Å². The number of thioether (sulfide) groups is 1. The van der Waals surface area contributed by atoms with Crippen LogP contribution in [-0.4, -0.2) is 30.2 Å². The molecule has 0 spiro atoms. The first-order valence-electron chi connectivity index (χ1n) is 14.1. The van der Waals surface area contributed by atoms with Gasteiger partial charge in [-0.1, -0.05) is 60.3 Å². The number of halogens is 3. The van der Waals surface area contributed by atoms with Crippen molar-refractivity contribution in [1.29, 1.82) is 0 Å². The number of nitrogens with zero attached hydrogens (tertiary/aromatic N) is 1. The molecule has 0 atom stereocenters. The average molecular weight is 604 g/mol. The van der Waals surface area contributed by atoms with Crippen LogP contribution in [-0.2, 0) is 29.0 Å². The molecule has 1 heterocycles. The van der Waals surface area contributed by atoms with Crippen LogP contribution in [0.4, 0.5) is 13.2 Å². The minimum Gasteiger partial charge on any atom is -0.468 e. The monoisotopic (exact) mass is 603 g/mol. The lowest BCUT2D eigenvalue weighted by molar-refractivity contribution is -0.153. The van der Waals surface area contributed by atoms with Gasteiger partial charge in [-0.05, 0) is 89.3 Å². The van der Waals surface area contributed by atoms with Crippen LogP contribution in [0.15, 0.2) is 86.8 Å². The normalized spacial score (nSPS) is 12.7. The average Bonchev–Trinajstić information content (AvgIpc) is 3.40. The number of aryl methyl sites for hydroxylation is 1. The van der Waals surface area contributed by atoms with Crippen molar-refractivity contribution in [3.05, 3.63) is 105 Å². The molecule has 4 nitrogen and oxygen atoms in total. The van der Waals surface area contributed by atoms with E-state index in [1.54, 1.807) is 19.3 Å². The molecule has 2 aromatic rings. The predicted molar refractivity (Wildman–Crippen MR) is 167 cm³/mol. The van der Waals surface area contributed by atoms with E-state index in [4.69, 9.17) is 9.15 Å². The number of carbonyl (C=O) groups is 1. The summed E-state index contributed by atoms with van der Waals surface area (Å²) in [4.78, 5) is 16.5. The highest BCUT2D eigenvalue weighted by atomic mass is 32.2. The Labute approximate surface area is 253 Å². The fraction of sp³-hybridized carbons (Fsp3) is 0.441. The molecule has 0 fully saturated rings. The zero-order chi connectivity index (χ0) is 31.5. The van der Waals surface area contributed by atoms with Gasteiger partial charge in [-0.3, -0.25) is 9.69 Å². The number of hydrogen-bond donors (Lipinski definition) is 0. The Morgan fingerprint density at radius 1 is 1.17 bits per heavy atom. The highest BCUT2D eigenvalue weighted by Crippen LogP contribution is 2.34. The maximum absolute atomic E-state index is 12.6. The van der Waals surface area contributed by atoms with Gasteiger partial charge in [-0.15, -0.1) is 0 Å². The van der Waals surface area contributed by atoms with E-state index in [-0.39, 0.29) is 5.97 Å².